The number of hydrogen-bond acceptors (Lipinski definition) is 5. The van der Waals surface area contributed by atoms with E-state index in [1.165, 1.54) is 16.7 Å². The lowest BCUT2D eigenvalue weighted by Gasteiger charge is -2.30. The second-order valence-corrected chi connectivity index (χ2v) is 7.05. The molecule has 3 rings (SSSR count). The van der Waals surface area contributed by atoms with E-state index >= 15 is 0 Å². The van der Waals surface area contributed by atoms with E-state index in [1.807, 2.05) is 18.2 Å². The molecular formula is C20H18N2O3S. The first-order chi connectivity index (χ1) is 12.5. The Morgan fingerprint density at radius 1 is 1.31 bits per heavy atom. The lowest BCUT2D eigenvalue weighted by Crippen LogP contribution is -2.42. The van der Waals surface area contributed by atoms with Crippen molar-refractivity contribution in [3.05, 3.63) is 59.2 Å². The summed E-state index contributed by atoms with van der Waals surface area (Å²) in [4.78, 5) is 26.0. The van der Waals surface area contributed by atoms with Crippen LogP contribution in [-0.2, 0) is 10.5 Å². The number of fused-ring (bicyclic) bond motifs is 1. The third-order valence-corrected chi connectivity index (χ3v) is 5.19. The molecule has 2 aromatic carbocycles. The molecule has 0 saturated carbocycles. The topological polar surface area (TPSA) is 70.4 Å². The molecule has 0 saturated heterocycles. The maximum Gasteiger partial charge on any atom is 0.267 e. The van der Waals surface area contributed by atoms with Gasteiger partial charge in [-0.3, -0.25) is 9.59 Å². The van der Waals surface area contributed by atoms with Gasteiger partial charge in [0.1, 0.15) is 5.75 Å². The molecule has 0 fully saturated rings. The number of ether oxygens (including phenoxy) is 1. The van der Waals surface area contributed by atoms with Gasteiger partial charge < -0.3 is 9.64 Å². The quantitative estimate of drug-likeness (QED) is 0.759. The molecule has 1 aliphatic heterocycles. The second kappa shape index (κ2) is 7.63. The summed E-state index contributed by atoms with van der Waals surface area (Å²) in [6.07, 6.45) is -0.520. The predicted molar refractivity (Wildman–Crippen MR) is 102 cm³/mol. The van der Waals surface area contributed by atoms with Crippen LogP contribution < -0.4 is 9.64 Å². The van der Waals surface area contributed by atoms with Gasteiger partial charge in [-0.15, -0.1) is 11.8 Å². The highest BCUT2D eigenvalue weighted by atomic mass is 32.2. The van der Waals surface area contributed by atoms with Crippen molar-refractivity contribution in [3.8, 4) is 11.8 Å². The number of ketones is 1. The maximum atomic E-state index is 12.5. The minimum Gasteiger partial charge on any atom is -0.479 e. The van der Waals surface area contributed by atoms with Crippen molar-refractivity contribution in [1.82, 2.24) is 0 Å². The normalized spacial score (nSPS) is 15.8. The first-order valence-corrected chi connectivity index (χ1v) is 9.33. The SMILES string of the molecule is CC1Oc2ccc(C(=O)CSCc3cccc(C#N)c3)cc2N(C)C1=O. The van der Waals surface area contributed by atoms with Crippen molar-refractivity contribution in [1.29, 1.82) is 5.26 Å². The predicted octanol–water partition coefficient (Wildman–Crippen LogP) is 3.42. The number of rotatable bonds is 5. The summed E-state index contributed by atoms with van der Waals surface area (Å²) in [5.74, 6) is 1.45. The molecule has 0 N–H and O–H groups in total. The molecule has 1 atom stereocenters. The highest BCUT2D eigenvalue weighted by molar-refractivity contribution is 7.99. The smallest absolute Gasteiger partial charge is 0.267 e. The van der Waals surface area contributed by atoms with E-state index < -0.39 is 6.10 Å². The number of nitrogens with zero attached hydrogens (tertiary/aromatic N) is 2. The minimum atomic E-state index is -0.520. The van der Waals surface area contributed by atoms with Gasteiger partial charge in [0.15, 0.2) is 11.9 Å². The van der Waals surface area contributed by atoms with Gasteiger partial charge in [0.25, 0.3) is 5.91 Å². The van der Waals surface area contributed by atoms with Gasteiger partial charge in [-0.25, -0.2) is 0 Å². The summed E-state index contributed by atoms with van der Waals surface area (Å²) in [7, 11) is 1.69. The Labute approximate surface area is 156 Å². The molecule has 0 radical (unpaired) electrons. The van der Waals surface area contributed by atoms with Crippen LogP contribution >= 0.6 is 11.8 Å². The van der Waals surface area contributed by atoms with E-state index in [-0.39, 0.29) is 11.7 Å². The molecule has 0 aliphatic carbocycles. The number of likely N-dealkylation sites (N-methyl/N-ethyl adjacent to an activating group) is 1. The summed E-state index contributed by atoms with van der Waals surface area (Å²) >= 11 is 1.50. The van der Waals surface area contributed by atoms with Crippen LogP contribution in [0.15, 0.2) is 42.5 Å². The number of thioether (sulfide) groups is 1. The Balaban J connectivity index is 1.65. The summed E-state index contributed by atoms with van der Waals surface area (Å²) in [6.45, 7) is 1.71. The number of amides is 1. The molecule has 1 unspecified atom stereocenters. The molecule has 1 amide bonds. The fraction of sp³-hybridized carbons (Fsp3) is 0.250. The van der Waals surface area contributed by atoms with Crippen LogP contribution in [0.3, 0.4) is 0 Å². The Bertz CT molecular complexity index is 904. The second-order valence-electron chi connectivity index (χ2n) is 6.07. The lowest BCUT2D eigenvalue weighted by atomic mass is 10.1. The molecule has 5 nitrogen and oxygen atoms in total. The molecule has 132 valence electrons. The number of anilines is 1. The van der Waals surface area contributed by atoms with Gasteiger partial charge in [-0.05, 0) is 42.8 Å². The van der Waals surface area contributed by atoms with Crippen LogP contribution in [0.1, 0.15) is 28.4 Å². The molecule has 0 spiro atoms. The van der Waals surface area contributed by atoms with E-state index in [0.29, 0.717) is 34.1 Å². The minimum absolute atomic E-state index is 0.00583. The highest BCUT2D eigenvalue weighted by Gasteiger charge is 2.29. The molecular weight excluding hydrogens is 348 g/mol. The number of Topliss-reactive ketones (excluding diaryl/α,β-unsaturated/α-hetero) is 1. The molecule has 6 heteroatoms. The number of carbonyl (C=O) groups excluding carboxylic acids is 2. The first kappa shape index (κ1) is 18.0. The Morgan fingerprint density at radius 2 is 2.12 bits per heavy atom. The van der Waals surface area contributed by atoms with Crippen molar-refractivity contribution in [2.24, 2.45) is 0 Å². The number of carbonyl (C=O) groups is 2. The number of nitriles is 1. The first-order valence-electron chi connectivity index (χ1n) is 8.18. The summed E-state index contributed by atoms with van der Waals surface area (Å²) in [5.41, 5.74) is 2.80. The van der Waals surface area contributed by atoms with Crippen LogP contribution in [0.2, 0.25) is 0 Å². The monoisotopic (exact) mass is 366 g/mol. The van der Waals surface area contributed by atoms with Gasteiger partial charge in [-0.2, -0.15) is 5.26 Å². The molecule has 1 heterocycles. The van der Waals surface area contributed by atoms with Crippen LogP contribution in [0, 0.1) is 11.3 Å². The Hall–Kier alpha value is -2.78. The van der Waals surface area contributed by atoms with Crippen LogP contribution in [0.5, 0.6) is 5.75 Å². The average molecular weight is 366 g/mol. The van der Waals surface area contributed by atoms with Gasteiger partial charge in [-0.1, -0.05) is 12.1 Å². The van der Waals surface area contributed by atoms with Gasteiger partial charge in [0.2, 0.25) is 0 Å². The average Bonchev–Trinajstić information content (AvgIpc) is 2.66. The van der Waals surface area contributed by atoms with E-state index in [9.17, 15) is 9.59 Å². The van der Waals surface area contributed by atoms with Crippen LogP contribution in [0.4, 0.5) is 5.69 Å². The van der Waals surface area contributed by atoms with E-state index in [2.05, 4.69) is 6.07 Å². The Kier molecular flexibility index (Phi) is 5.29. The number of benzene rings is 2. The molecule has 0 bridgehead atoms. The number of hydrogen-bond donors (Lipinski definition) is 0. The standard InChI is InChI=1S/C20H18N2O3S/c1-13-20(24)22(2)17-9-16(6-7-19(17)25-13)18(23)12-26-11-15-5-3-4-14(8-15)10-21/h3-9,13H,11-12H2,1-2H3. The molecule has 1 aliphatic rings. The van der Waals surface area contributed by atoms with Gasteiger partial charge >= 0.3 is 0 Å². The molecule has 26 heavy (non-hydrogen) atoms. The van der Waals surface area contributed by atoms with Crippen LogP contribution in [0.25, 0.3) is 0 Å². The van der Waals surface area contributed by atoms with Crippen molar-refractivity contribution in [3.63, 3.8) is 0 Å². The largest absolute Gasteiger partial charge is 0.479 e. The molecule has 2 aromatic rings. The Morgan fingerprint density at radius 3 is 2.88 bits per heavy atom. The highest BCUT2D eigenvalue weighted by Crippen LogP contribution is 2.34. The van der Waals surface area contributed by atoms with Crippen LogP contribution in [-0.4, -0.2) is 30.6 Å². The zero-order valence-electron chi connectivity index (χ0n) is 14.6. The van der Waals surface area contributed by atoms with Gasteiger partial charge in [0.05, 0.1) is 23.1 Å². The molecule has 0 aromatic heterocycles. The van der Waals surface area contributed by atoms with Crippen molar-refractivity contribution >= 4 is 29.1 Å². The summed E-state index contributed by atoms with van der Waals surface area (Å²) in [6, 6.07) is 14.7. The summed E-state index contributed by atoms with van der Waals surface area (Å²) in [5, 5.41) is 8.93. The van der Waals surface area contributed by atoms with Gasteiger partial charge in [0, 0.05) is 18.4 Å². The maximum absolute atomic E-state index is 12.5. The zero-order valence-corrected chi connectivity index (χ0v) is 15.4. The van der Waals surface area contributed by atoms with E-state index in [1.54, 1.807) is 38.2 Å². The lowest BCUT2D eigenvalue weighted by molar-refractivity contribution is -0.125. The summed E-state index contributed by atoms with van der Waals surface area (Å²) < 4.78 is 5.58. The fourth-order valence-corrected chi connectivity index (χ4v) is 3.63. The third kappa shape index (κ3) is 3.73. The van der Waals surface area contributed by atoms with Crippen molar-refractivity contribution < 1.29 is 14.3 Å². The third-order valence-electron chi connectivity index (χ3n) is 4.18. The zero-order chi connectivity index (χ0) is 18.7. The fourth-order valence-electron chi connectivity index (χ4n) is 2.76. The van der Waals surface area contributed by atoms with E-state index in [0.717, 1.165) is 5.56 Å². The van der Waals surface area contributed by atoms with Crippen molar-refractivity contribution in [2.45, 2.75) is 18.8 Å². The van der Waals surface area contributed by atoms with Crippen molar-refractivity contribution in [2.75, 3.05) is 17.7 Å². The van der Waals surface area contributed by atoms with E-state index in [4.69, 9.17) is 10.00 Å².